The lowest BCUT2D eigenvalue weighted by Gasteiger charge is -2.21. The van der Waals surface area contributed by atoms with Crippen molar-refractivity contribution in [2.24, 2.45) is 23.7 Å². The normalized spacial score (nSPS) is 14.3. The number of phosphoric ester groups is 2. The van der Waals surface area contributed by atoms with E-state index in [4.69, 9.17) is 37.0 Å². The standard InChI is InChI=1S/C81H158O17P2/c1-9-74(8)60-52-44-35-29-23-17-11-13-19-26-32-38-48-56-63-80(85)97-76(67-91-78(83)61-53-45-36-30-24-20-14-16-22-28-34-42-50-58-72(4)5)69-95-99(87,88)93-65-75(82)66-94-100(89,90)96-70-77(68-92-79(84)62-54-46-40-39-43-51-59-73(6)7)98-81(86)64-55-47-37-31-25-18-12-10-15-21-27-33-41-49-57-71(2)3/h71-77,82H,9-70H2,1-8H3,(H,87,88)(H,89,90)/t74?,75?,76-,77-/m1/s1. The van der Waals surface area contributed by atoms with Gasteiger partial charge in [0.1, 0.15) is 19.3 Å². The summed E-state index contributed by atoms with van der Waals surface area (Å²) in [5.41, 5.74) is 0. The van der Waals surface area contributed by atoms with E-state index in [9.17, 15) is 43.2 Å². The molecule has 0 fully saturated rings. The fourth-order valence-corrected chi connectivity index (χ4v) is 14.0. The molecule has 0 saturated heterocycles. The van der Waals surface area contributed by atoms with Gasteiger partial charge in [0.05, 0.1) is 26.4 Å². The highest BCUT2D eigenvalue weighted by atomic mass is 31.2. The highest BCUT2D eigenvalue weighted by Gasteiger charge is 2.30. The Morgan fingerprint density at radius 2 is 0.480 bits per heavy atom. The largest absolute Gasteiger partial charge is 0.472 e. The minimum absolute atomic E-state index is 0.106. The molecule has 17 nitrogen and oxygen atoms in total. The number of hydrogen-bond acceptors (Lipinski definition) is 15. The number of unbranched alkanes of at least 4 members (excludes halogenated alkanes) is 43. The van der Waals surface area contributed by atoms with Gasteiger partial charge in [0.2, 0.25) is 0 Å². The van der Waals surface area contributed by atoms with Crippen LogP contribution in [-0.2, 0) is 65.4 Å². The summed E-state index contributed by atoms with van der Waals surface area (Å²) < 4.78 is 68.7. The average molecular weight is 1470 g/mol. The Morgan fingerprint density at radius 3 is 0.710 bits per heavy atom. The second-order valence-electron chi connectivity index (χ2n) is 30.8. The third-order valence-electron chi connectivity index (χ3n) is 19.2. The molecular formula is C81H158O17P2. The topological polar surface area (TPSA) is 237 Å². The van der Waals surface area contributed by atoms with Crippen LogP contribution in [0.1, 0.15) is 415 Å². The first-order chi connectivity index (χ1) is 48.1. The Balaban J connectivity index is 5.23. The van der Waals surface area contributed by atoms with Crippen LogP contribution in [0.4, 0.5) is 0 Å². The van der Waals surface area contributed by atoms with Crippen molar-refractivity contribution in [3.63, 3.8) is 0 Å². The smallest absolute Gasteiger partial charge is 0.462 e. The van der Waals surface area contributed by atoms with Gasteiger partial charge in [-0.2, -0.15) is 0 Å². The van der Waals surface area contributed by atoms with Gasteiger partial charge in [-0.05, 0) is 49.4 Å². The Labute approximate surface area is 613 Å². The van der Waals surface area contributed by atoms with Crippen molar-refractivity contribution in [2.45, 2.75) is 433 Å². The van der Waals surface area contributed by atoms with Crippen molar-refractivity contribution in [1.29, 1.82) is 0 Å². The van der Waals surface area contributed by atoms with E-state index in [2.05, 4.69) is 55.4 Å². The van der Waals surface area contributed by atoms with Gasteiger partial charge in [-0.1, -0.05) is 364 Å². The number of rotatable bonds is 78. The van der Waals surface area contributed by atoms with Crippen LogP contribution in [0.15, 0.2) is 0 Å². The molecule has 0 heterocycles. The van der Waals surface area contributed by atoms with Crippen LogP contribution in [0.3, 0.4) is 0 Å². The molecule has 0 aromatic carbocycles. The summed E-state index contributed by atoms with van der Waals surface area (Å²) in [6.07, 6.45) is 56.9. The predicted octanol–water partition coefficient (Wildman–Crippen LogP) is 24.0. The third-order valence-corrected chi connectivity index (χ3v) is 21.1. The van der Waals surface area contributed by atoms with Crippen LogP contribution in [0.25, 0.3) is 0 Å². The zero-order valence-corrected chi connectivity index (χ0v) is 67.6. The maximum absolute atomic E-state index is 13.1. The average Bonchev–Trinajstić information content (AvgIpc) is 0.937. The number of ether oxygens (including phenoxy) is 4. The Hall–Kier alpha value is -1.94. The molecule has 0 amide bonds. The zero-order chi connectivity index (χ0) is 73.8. The van der Waals surface area contributed by atoms with Crippen LogP contribution in [0, 0.1) is 23.7 Å². The van der Waals surface area contributed by atoms with Crippen LogP contribution < -0.4 is 0 Å². The SMILES string of the molecule is CCC(C)CCCCCCCCCCCCCCCCC(=O)O[C@H](COC(=O)CCCCCCCCCCCCCCCC(C)C)COP(=O)(O)OCC(O)COP(=O)(O)OC[C@@H](COC(=O)CCCCCCCCC(C)C)OC(=O)CCCCCCCCCCCCCCCCC(C)C. The summed E-state index contributed by atoms with van der Waals surface area (Å²) in [4.78, 5) is 73.0. The lowest BCUT2D eigenvalue weighted by molar-refractivity contribution is -0.161. The molecule has 100 heavy (non-hydrogen) atoms. The lowest BCUT2D eigenvalue weighted by Crippen LogP contribution is -2.30. The van der Waals surface area contributed by atoms with Crippen molar-refractivity contribution in [1.82, 2.24) is 0 Å². The zero-order valence-electron chi connectivity index (χ0n) is 65.8. The highest BCUT2D eigenvalue weighted by Crippen LogP contribution is 2.45. The number of aliphatic hydroxyl groups excluding tert-OH is 1. The van der Waals surface area contributed by atoms with E-state index in [1.54, 1.807) is 0 Å². The van der Waals surface area contributed by atoms with Gasteiger partial charge in [-0.15, -0.1) is 0 Å². The molecule has 0 aliphatic rings. The van der Waals surface area contributed by atoms with E-state index in [1.807, 2.05) is 0 Å². The number of carbonyl (C=O) groups is 4. The molecule has 0 aromatic rings. The van der Waals surface area contributed by atoms with Crippen molar-refractivity contribution in [2.75, 3.05) is 39.6 Å². The van der Waals surface area contributed by atoms with Crippen LogP contribution >= 0.6 is 15.6 Å². The maximum Gasteiger partial charge on any atom is 0.472 e. The molecular weight excluding hydrogens is 1310 g/mol. The number of carbonyl (C=O) groups excluding carboxylic acids is 4. The van der Waals surface area contributed by atoms with E-state index in [1.165, 1.54) is 212 Å². The molecule has 0 rings (SSSR count). The molecule has 0 aromatic heterocycles. The van der Waals surface area contributed by atoms with E-state index in [0.717, 1.165) is 114 Å². The molecule has 0 spiro atoms. The van der Waals surface area contributed by atoms with Gasteiger partial charge >= 0.3 is 39.5 Å². The molecule has 4 unspecified atom stereocenters. The predicted molar refractivity (Wildman–Crippen MR) is 409 cm³/mol. The van der Waals surface area contributed by atoms with Gasteiger partial charge in [0.15, 0.2) is 12.2 Å². The summed E-state index contributed by atoms with van der Waals surface area (Å²) in [6.45, 7) is 14.3. The fourth-order valence-electron chi connectivity index (χ4n) is 12.4. The Bertz CT molecular complexity index is 1960. The number of phosphoric acid groups is 2. The maximum atomic E-state index is 13.1. The molecule has 6 atom stereocenters. The summed E-state index contributed by atoms with van der Waals surface area (Å²) in [5, 5.41) is 10.6. The molecule has 0 bridgehead atoms. The van der Waals surface area contributed by atoms with Gasteiger partial charge in [0, 0.05) is 25.7 Å². The summed E-state index contributed by atoms with van der Waals surface area (Å²) in [5.74, 6) is 0.996. The third kappa shape index (κ3) is 73.0. The highest BCUT2D eigenvalue weighted by molar-refractivity contribution is 7.47. The Kier molecular flexibility index (Phi) is 68.7. The second-order valence-corrected chi connectivity index (χ2v) is 33.7. The van der Waals surface area contributed by atoms with Crippen molar-refractivity contribution < 1.29 is 80.2 Å². The molecule has 3 N–H and O–H groups in total. The summed E-state index contributed by atoms with van der Waals surface area (Å²) >= 11 is 0. The molecule has 0 radical (unpaired) electrons. The molecule has 19 heteroatoms. The minimum atomic E-state index is -4.96. The monoisotopic (exact) mass is 1470 g/mol. The first-order valence-corrected chi connectivity index (χ1v) is 44.7. The first-order valence-electron chi connectivity index (χ1n) is 41.7. The molecule has 0 aliphatic heterocycles. The van der Waals surface area contributed by atoms with E-state index >= 15 is 0 Å². The second kappa shape index (κ2) is 70.1. The number of esters is 4. The van der Waals surface area contributed by atoms with Gasteiger partial charge in [-0.25, -0.2) is 9.13 Å². The molecule has 594 valence electrons. The van der Waals surface area contributed by atoms with Gasteiger partial charge < -0.3 is 33.8 Å². The quantitative estimate of drug-likeness (QED) is 0.0222. The van der Waals surface area contributed by atoms with E-state index in [0.29, 0.717) is 31.6 Å². The van der Waals surface area contributed by atoms with Crippen molar-refractivity contribution in [3.05, 3.63) is 0 Å². The minimum Gasteiger partial charge on any atom is -0.462 e. The van der Waals surface area contributed by atoms with Crippen LogP contribution in [0.5, 0.6) is 0 Å². The van der Waals surface area contributed by atoms with E-state index < -0.39 is 97.5 Å². The Morgan fingerprint density at radius 1 is 0.280 bits per heavy atom. The first kappa shape index (κ1) is 98.1. The number of aliphatic hydroxyl groups is 1. The summed E-state index contributed by atoms with van der Waals surface area (Å²) in [6, 6.07) is 0. The van der Waals surface area contributed by atoms with Gasteiger partial charge in [-0.3, -0.25) is 37.3 Å². The van der Waals surface area contributed by atoms with Crippen molar-refractivity contribution >= 4 is 39.5 Å². The van der Waals surface area contributed by atoms with E-state index in [-0.39, 0.29) is 25.7 Å². The molecule has 0 saturated carbocycles. The van der Waals surface area contributed by atoms with Gasteiger partial charge in [0.25, 0.3) is 0 Å². The summed E-state index contributed by atoms with van der Waals surface area (Å²) in [7, 11) is -9.92. The van der Waals surface area contributed by atoms with Crippen LogP contribution in [0.2, 0.25) is 0 Å². The fraction of sp³-hybridized carbons (Fsp3) is 0.951. The van der Waals surface area contributed by atoms with Crippen molar-refractivity contribution in [3.8, 4) is 0 Å². The number of hydrogen-bond donors (Lipinski definition) is 3. The molecule has 0 aliphatic carbocycles. The van der Waals surface area contributed by atoms with Crippen LogP contribution in [-0.4, -0.2) is 96.7 Å². The lowest BCUT2D eigenvalue weighted by atomic mass is 9.99.